The summed E-state index contributed by atoms with van der Waals surface area (Å²) in [5, 5.41) is 0. The number of rotatable bonds is 4. The quantitative estimate of drug-likeness (QED) is 0.682. The van der Waals surface area contributed by atoms with Gasteiger partial charge in [0.2, 0.25) is 0 Å². The molecule has 2 N–H and O–H groups in total. The first-order valence-electron chi connectivity index (χ1n) is 5.31. The third-order valence-corrected chi connectivity index (χ3v) is 3.14. The highest BCUT2D eigenvalue weighted by molar-refractivity contribution is 9.10. The van der Waals surface area contributed by atoms with Gasteiger partial charge in [-0.15, -0.1) is 0 Å². The number of nitrogen functional groups attached to an aromatic ring is 1. The van der Waals surface area contributed by atoms with Gasteiger partial charge in [-0.25, -0.2) is 4.79 Å². The lowest BCUT2D eigenvalue weighted by atomic mass is 10.2. The van der Waals surface area contributed by atoms with Crippen LogP contribution in [0.25, 0.3) is 0 Å². The molecule has 0 aromatic heterocycles. The average Bonchev–Trinajstić information content (AvgIpc) is 2.22. The summed E-state index contributed by atoms with van der Waals surface area (Å²) >= 11 is 3.28. The molecule has 0 saturated carbocycles. The molecule has 0 bridgehead atoms. The first kappa shape index (κ1) is 13.0. The molecule has 0 saturated heterocycles. The van der Waals surface area contributed by atoms with Gasteiger partial charge in [0.25, 0.3) is 0 Å². The fourth-order valence-corrected chi connectivity index (χ4v) is 1.85. The smallest absolute Gasteiger partial charge is 0.339 e. The van der Waals surface area contributed by atoms with Crippen LogP contribution < -0.4 is 5.73 Å². The Morgan fingerprint density at radius 1 is 1.56 bits per heavy atom. The maximum atomic E-state index is 11.8. The number of ether oxygens (including phenoxy) is 1. The van der Waals surface area contributed by atoms with Crippen LogP contribution in [0.2, 0.25) is 0 Å². The second-order valence-electron chi connectivity index (χ2n) is 3.71. The molecule has 16 heavy (non-hydrogen) atoms. The van der Waals surface area contributed by atoms with Crippen LogP contribution in [0.15, 0.2) is 22.7 Å². The van der Waals surface area contributed by atoms with Gasteiger partial charge in [0.15, 0.2) is 0 Å². The van der Waals surface area contributed by atoms with Crippen molar-refractivity contribution in [2.24, 2.45) is 0 Å². The third kappa shape index (κ3) is 3.23. The number of benzene rings is 1. The molecule has 4 heteroatoms. The van der Waals surface area contributed by atoms with Crippen molar-refractivity contribution in [3.05, 3.63) is 28.2 Å². The molecule has 0 radical (unpaired) electrons. The van der Waals surface area contributed by atoms with Crippen LogP contribution in [0.3, 0.4) is 0 Å². The number of hydrogen-bond acceptors (Lipinski definition) is 3. The van der Waals surface area contributed by atoms with E-state index in [4.69, 9.17) is 10.5 Å². The first-order chi connectivity index (χ1) is 7.56. The van der Waals surface area contributed by atoms with Crippen molar-refractivity contribution in [1.29, 1.82) is 0 Å². The zero-order valence-electron chi connectivity index (χ0n) is 9.50. The van der Waals surface area contributed by atoms with E-state index in [2.05, 4.69) is 22.9 Å². The third-order valence-electron chi connectivity index (χ3n) is 2.25. The lowest BCUT2D eigenvalue weighted by molar-refractivity contribution is 0.0322. The van der Waals surface area contributed by atoms with Crippen molar-refractivity contribution in [1.82, 2.24) is 0 Å². The predicted octanol–water partition coefficient (Wildman–Crippen LogP) is 3.38. The van der Waals surface area contributed by atoms with Gasteiger partial charge in [-0.1, -0.05) is 19.4 Å². The largest absolute Gasteiger partial charge is 0.459 e. The van der Waals surface area contributed by atoms with Crippen LogP contribution in [-0.4, -0.2) is 12.1 Å². The van der Waals surface area contributed by atoms with Crippen LogP contribution in [0.5, 0.6) is 0 Å². The summed E-state index contributed by atoms with van der Waals surface area (Å²) in [5.41, 5.74) is 6.71. The molecule has 0 fully saturated rings. The normalized spacial score (nSPS) is 12.2. The Balaban J connectivity index is 2.77. The van der Waals surface area contributed by atoms with E-state index in [1.54, 1.807) is 18.2 Å². The minimum Gasteiger partial charge on any atom is -0.459 e. The molecule has 0 aliphatic heterocycles. The molecule has 1 aromatic rings. The van der Waals surface area contributed by atoms with Gasteiger partial charge < -0.3 is 10.5 Å². The molecule has 3 nitrogen and oxygen atoms in total. The summed E-state index contributed by atoms with van der Waals surface area (Å²) in [4.78, 5) is 11.8. The van der Waals surface area contributed by atoms with Crippen molar-refractivity contribution >= 4 is 27.6 Å². The Labute approximate surface area is 104 Å². The zero-order valence-corrected chi connectivity index (χ0v) is 11.1. The number of hydrogen-bond donors (Lipinski definition) is 1. The van der Waals surface area contributed by atoms with Crippen molar-refractivity contribution in [2.45, 2.75) is 32.8 Å². The lowest BCUT2D eigenvalue weighted by Crippen LogP contribution is -2.15. The van der Waals surface area contributed by atoms with Gasteiger partial charge in [0.1, 0.15) is 0 Å². The predicted molar refractivity (Wildman–Crippen MR) is 68.3 cm³/mol. The summed E-state index contributed by atoms with van der Waals surface area (Å²) < 4.78 is 5.89. The monoisotopic (exact) mass is 285 g/mol. The molecule has 1 unspecified atom stereocenters. The van der Waals surface area contributed by atoms with E-state index in [0.29, 0.717) is 15.7 Å². The van der Waals surface area contributed by atoms with Gasteiger partial charge in [0, 0.05) is 5.69 Å². The minimum absolute atomic E-state index is 0.0640. The van der Waals surface area contributed by atoms with E-state index < -0.39 is 0 Å². The van der Waals surface area contributed by atoms with Crippen LogP contribution in [0, 0.1) is 0 Å². The number of carbonyl (C=O) groups excluding carboxylic acids is 1. The molecular weight excluding hydrogens is 270 g/mol. The van der Waals surface area contributed by atoms with E-state index in [1.807, 2.05) is 6.92 Å². The summed E-state index contributed by atoms with van der Waals surface area (Å²) in [6.45, 7) is 3.95. The Morgan fingerprint density at radius 2 is 2.25 bits per heavy atom. The minimum atomic E-state index is -0.333. The molecular formula is C12H16BrNO2. The maximum absolute atomic E-state index is 11.8. The fourth-order valence-electron chi connectivity index (χ4n) is 1.42. The molecule has 1 aromatic carbocycles. The number of esters is 1. The summed E-state index contributed by atoms with van der Waals surface area (Å²) in [5.74, 6) is -0.333. The van der Waals surface area contributed by atoms with Crippen LogP contribution in [0.1, 0.15) is 37.0 Å². The van der Waals surface area contributed by atoms with Crippen LogP contribution in [0.4, 0.5) is 5.69 Å². The average molecular weight is 286 g/mol. The molecule has 0 spiro atoms. The van der Waals surface area contributed by atoms with E-state index in [-0.39, 0.29) is 12.1 Å². The standard InChI is InChI=1S/C12H16BrNO2/c1-3-5-8(2)16-12(15)9-6-4-7-10(14)11(9)13/h4,6-8H,3,5,14H2,1-2H3. The summed E-state index contributed by atoms with van der Waals surface area (Å²) in [6, 6.07) is 5.17. The topological polar surface area (TPSA) is 52.3 Å². The second-order valence-corrected chi connectivity index (χ2v) is 4.51. The van der Waals surface area contributed by atoms with Gasteiger partial charge in [-0.2, -0.15) is 0 Å². The van der Waals surface area contributed by atoms with E-state index in [9.17, 15) is 4.79 Å². The Morgan fingerprint density at radius 3 is 2.88 bits per heavy atom. The Bertz CT molecular complexity index is 379. The molecule has 1 rings (SSSR count). The van der Waals surface area contributed by atoms with E-state index in [0.717, 1.165) is 12.8 Å². The van der Waals surface area contributed by atoms with Gasteiger partial charge in [-0.3, -0.25) is 0 Å². The van der Waals surface area contributed by atoms with Crippen molar-refractivity contribution in [3.63, 3.8) is 0 Å². The number of halogens is 1. The van der Waals surface area contributed by atoms with Crippen molar-refractivity contribution in [2.75, 3.05) is 5.73 Å². The number of carbonyl (C=O) groups is 1. The van der Waals surface area contributed by atoms with Gasteiger partial charge >= 0.3 is 5.97 Å². The van der Waals surface area contributed by atoms with Crippen LogP contribution in [-0.2, 0) is 4.74 Å². The van der Waals surface area contributed by atoms with E-state index >= 15 is 0 Å². The maximum Gasteiger partial charge on any atom is 0.339 e. The SMILES string of the molecule is CCCC(C)OC(=O)c1cccc(N)c1Br. The molecule has 0 aliphatic rings. The highest BCUT2D eigenvalue weighted by atomic mass is 79.9. The Hall–Kier alpha value is -1.03. The lowest BCUT2D eigenvalue weighted by Gasteiger charge is -2.13. The highest BCUT2D eigenvalue weighted by Crippen LogP contribution is 2.24. The number of nitrogens with two attached hydrogens (primary N) is 1. The fraction of sp³-hybridized carbons (Fsp3) is 0.417. The molecule has 0 aliphatic carbocycles. The molecule has 1 atom stereocenters. The summed E-state index contributed by atoms with van der Waals surface area (Å²) in [7, 11) is 0. The highest BCUT2D eigenvalue weighted by Gasteiger charge is 2.15. The van der Waals surface area contributed by atoms with Crippen molar-refractivity contribution < 1.29 is 9.53 Å². The van der Waals surface area contributed by atoms with Gasteiger partial charge in [-0.05, 0) is 41.4 Å². The Kier molecular flexibility index (Phi) is 4.80. The van der Waals surface area contributed by atoms with Crippen molar-refractivity contribution in [3.8, 4) is 0 Å². The van der Waals surface area contributed by atoms with E-state index in [1.165, 1.54) is 0 Å². The number of anilines is 1. The second kappa shape index (κ2) is 5.89. The molecule has 0 amide bonds. The molecule has 88 valence electrons. The first-order valence-corrected chi connectivity index (χ1v) is 6.10. The summed E-state index contributed by atoms with van der Waals surface area (Å²) in [6.07, 6.45) is 1.80. The zero-order chi connectivity index (χ0) is 12.1. The molecule has 0 heterocycles. The van der Waals surface area contributed by atoms with Crippen LogP contribution >= 0.6 is 15.9 Å². The van der Waals surface area contributed by atoms with Gasteiger partial charge in [0.05, 0.1) is 16.1 Å².